The first-order valence-corrected chi connectivity index (χ1v) is 8.81. The summed E-state index contributed by atoms with van der Waals surface area (Å²) in [7, 11) is 0. The molecule has 0 aromatic carbocycles. The molecule has 2 rings (SSSR count). The fourth-order valence-corrected chi connectivity index (χ4v) is 3.73. The molecule has 142 valence electrons. The number of esters is 1. The average Bonchev–Trinajstić information content (AvgIpc) is 2.57. The number of Topliss-reactive ketones (excluding diaryl/α,β-unsaturated/α-hetero) is 1. The Morgan fingerprint density at radius 3 is 2.62 bits per heavy atom. The highest BCUT2D eigenvalue weighted by Gasteiger charge is 2.54. The molecule has 2 heterocycles. The van der Waals surface area contributed by atoms with Crippen LogP contribution in [0.5, 0.6) is 0 Å². The monoisotopic (exact) mass is 386 g/mol. The Morgan fingerprint density at radius 1 is 1.35 bits per heavy atom. The Balaban J connectivity index is 2.11. The van der Waals surface area contributed by atoms with Gasteiger partial charge in [0, 0.05) is 24.7 Å². The van der Waals surface area contributed by atoms with Crippen LogP contribution >= 0.6 is 11.8 Å². The van der Waals surface area contributed by atoms with Crippen LogP contribution in [0.4, 0.5) is 4.79 Å². The van der Waals surface area contributed by atoms with Crippen molar-refractivity contribution in [3.05, 3.63) is 11.5 Å². The molecule has 2 amide bonds. The Hall–Kier alpha value is -2.56. The van der Waals surface area contributed by atoms with Gasteiger partial charge in [-0.25, -0.2) is 4.79 Å². The van der Waals surface area contributed by atoms with Crippen LogP contribution in [-0.2, 0) is 28.7 Å². The normalized spacial score (nSPS) is 21.5. The number of rotatable bonds is 7. The summed E-state index contributed by atoms with van der Waals surface area (Å²) in [5.41, 5.74) is 0.336. The lowest BCUT2D eigenvalue weighted by Gasteiger charge is -2.49. The number of hydrogen-bond acceptors (Lipinski definition) is 8. The van der Waals surface area contributed by atoms with Crippen LogP contribution in [0.15, 0.2) is 11.5 Å². The highest BCUT2D eigenvalue weighted by molar-refractivity contribution is 8.00. The molecule has 26 heavy (non-hydrogen) atoms. The number of nitrogens with zero attached hydrogens (tertiary/aromatic N) is 1. The predicted molar refractivity (Wildman–Crippen MR) is 87.7 cm³/mol. The molecule has 2 N–H and O–H groups in total. The van der Waals surface area contributed by atoms with E-state index in [1.807, 2.05) is 0 Å². The van der Waals surface area contributed by atoms with Gasteiger partial charge in [-0.2, -0.15) is 0 Å². The number of thioether (sulfide) groups is 1. The molecule has 10 nitrogen and oxygen atoms in total. The summed E-state index contributed by atoms with van der Waals surface area (Å²) in [6.07, 6.45) is -1.71. The fraction of sp³-hybridized carbons (Fsp3) is 0.533. The molecule has 2 aliphatic rings. The molecule has 1 saturated heterocycles. The third-order valence-corrected chi connectivity index (χ3v) is 5.03. The van der Waals surface area contributed by atoms with Crippen molar-refractivity contribution in [3.8, 4) is 0 Å². The van der Waals surface area contributed by atoms with Crippen molar-refractivity contribution in [3.63, 3.8) is 0 Å². The van der Waals surface area contributed by atoms with Crippen LogP contribution in [-0.4, -0.2) is 63.5 Å². The number of ether oxygens (including phenoxy) is 2. The van der Waals surface area contributed by atoms with Crippen molar-refractivity contribution < 1.29 is 38.6 Å². The molecule has 0 bridgehead atoms. The minimum atomic E-state index is -1.61. The van der Waals surface area contributed by atoms with Gasteiger partial charge in [-0.15, -0.1) is 11.8 Å². The number of carboxylic acid groups (broad SMARTS) is 1. The van der Waals surface area contributed by atoms with Gasteiger partial charge in [-0.1, -0.05) is 6.92 Å². The molecule has 0 aromatic heterocycles. The number of hydrogen-bond donors (Lipinski definition) is 2. The van der Waals surface area contributed by atoms with Gasteiger partial charge in [-0.3, -0.25) is 24.1 Å². The summed E-state index contributed by atoms with van der Waals surface area (Å²) in [5, 5.41) is 10.8. The van der Waals surface area contributed by atoms with Crippen LogP contribution in [0.2, 0.25) is 0 Å². The van der Waals surface area contributed by atoms with Crippen molar-refractivity contribution >= 4 is 41.5 Å². The van der Waals surface area contributed by atoms with Gasteiger partial charge in [0.15, 0.2) is 0 Å². The molecule has 1 fully saturated rings. The van der Waals surface area contributed by atoms with Gasteiger partial charge in [0.25, 0.3) is 5.91 Å². The Morgan fingerprint density at radius 2 is 2.04 bits per heavy atom. The van der Waals surface area contributed by atoms with E-state index in [1.54, 1.807) is 6.92 Å². The van der Waals surface area contributed by atoms with Gasteiger partial charge in [0.1, 0.15) is 23.8 Å². The molecule has 0 spiro atoms. The average molecular weight is 386 g/mol. The maximum Gasteiger partial charge on any atom is 0.512 e. The molecule has 11 heteroatoms. The van der Waals surface area contributed by atoms with Crippen molar-refractivity contribution in [2.24, 2.45) is 0 Å². The van der Waals surface area contributed by atoms with E-state index in [0.29, 0.717) is 5.57 Å². The second-order valence-corrected chi connectivity index (χ2v) is 6.69. The van der Waals surface area contributed by atoms with Crippen molar-refractivity contribution in [2.75, 3.05) is 12.4 Å². The van der Waals surface area contributed by atoms with E-state index in [9.17, 15) is 24.0 Å². The maximum absolute atomic E-state index is 12.4. The predicted octanol–water partition coefficient (Wildman–Crippen LogP) is 0.225. The van der Waals surface area contributed by atoms with Crippen LogP contribution in [0.25, 0.3) is 0 Å². The Kier molecular flexibility index (Phi) is 6.24. The second kappa shape index (κ2) is 8.21. The van der Waals surface area contributed by atoms with E-state index >= 15 is 0 Å². The number of nitrogens with one attached hydrogen (secondary N) is 1. The van der Waals surface area contributed by atoms with E-state index in [4.69, 9.17) is 14.6 Å². The summed E-state index contributed by atoms with van der Waals surface area (Å²) in [6.45, 7) is 2.63. The molecule has 0 saturated carbocycles. The van der Waals surface area contributed by atoms with Gasteiger partial charge >= 0.3 is 12.1 Å². The molecule has 0 aromatic rings. The molecular formula is C15H18N2O8S. The van der Waals surface area contributed by atoms with Crippen molar-refractivity contribution in [1.82, 2.24) is 10.2 Å². The first kappa shape index (κ1) is 19.8. The largest absolute Gasteiger partial charge is 0.512 e. The zero-order valence-electron chi connectivity index (χ0n) is 14.1. The van der Waals surface area contributed by atoms with Gasteiger partial charge in [0.2, 0.25) is 11.8 Å². The Bertz CT molecular complexity index is 689. The number of amides is 2. The topological polar surface area (TPSA) is 139 Å². The first-order valence-electron chi connectivity index (χ1n) is 7.76. The number of carbonyl (C=O) groups is 5. The standard InChI is InChI=1S/C15H18N2O8S/c1-3-9(19)4-10(20)16-11-12(21)17-13(25-15(22)23)8(5-24-7(2)18)6-26-14(11)17/h11,14H,3-6H2,1-2H3,(H,16,20)(H,22,23)/t11-,14+/m1/s1. The molecule has 0 radical (unpaired) electrons. The smallest absolute Gasteiger partial charge is 0.461 e. The van der Waals surface area contributed by atoms with E-state index < -0.39 is 35.4 Å². The number of fused-ring (bicyclic) bond motifs is 1. The quantitative estimate of drug-likeness (QED) is 0.357. The highest BCUT2D eigenvalue weighted by atomic mass is 32.2. The second-order valence-electron chi connectivity index (χ2n) is 5.58. The van der Waals surface area contributed by atoms with Crippen LogP contribution in [0.3, 0.4) is 0 Å². The summed E-state index contributed by atoms with van der Waals surface area (Å²) in [4.78, 5) is 58.5. The van der Waals surface area contributed by atoms with Crippen LogP contribution in [0.1, 0.15) is 26.7 Å². The maximum atomic E-state index is 12.4. The number of β-lactam (4-membered cyclic amide) rings is 1. The van der Waals surface area contributed by atoms with Crippen LogP contribution < -0.4 is 5.32 Å². The summed E-state index contributed by atoms with van der Waals surface area (Å²) in [6, 6.07) is -0.875. The van der Waals surface area contributed by atoms with E-state index in [1.165, 1.54) is 18.7 Å². The lowest BCUT2D eigenvalue weighted by molar-refractivity contribution is -0.149. The minimum Gasteiger partial charge on any atom is -0.461 e. The van der Waals surface area contributed by atoms with E-state index in [0.717, 1.165) is 4.90 Å². The lowest BCUT2D eigenvalue weighted by atomic mass is 10.1. The third kappa shape index (κ3) is 4.34. The van der Waals surface area contributed by atoms with Crippen molar-refractivity contribution in [1.29, 1.82) is 0 Å². The summed E-state index contributed by atoms with van der Waals surface area (Å²) in [5.74, 6) is -1.88. The molecule has 2 aliphatic heterocycles. The van der Waals surface area contributed by atoms with Crippen molar-refractivity contribution in [2.45, 2.75) is 38.1 Å². The molecule has 2 atom stereocenters. The van der Waals surface area contributed by atoms with E-state index in [-0.39, 0.29) is 36.9 Å². The van der Waals surface area contributed by atoms with Gasteiger partial charge in [0.05, 0.1) is 6.42 Å². The number of carbonyl (C=O) groups excluding carboxylic acids is 4. The molecular weight excluding hydrogens is 368 g/mol. The van der Waals surface area contributed by atoms with E-state index in [2.05, 4.69) is 5.32 Å². The Labute approximate surface area is 152 Å². The minimum absolute atomic E-state index is 0.205. The molecule has 0 aliphatic carbocycles. The number of ketones is 1. The van der Waals surface area contributed by atoms with Gasteiger partial charge < -0.3 is 19.9 Å². The molecule has 0 unspecified atom stereocenters. The SMILES string of the molecule is CCC(=O)CC(=O)N[C@@H]1C(=O)N2C(OC(=O)O)=C(COC(C)=O)CS[C@@H]12. The third-order valence-electron chi connectivity index (χ3n) is 3.69. The summed E-state index contributed by atoms with van der Waals surface area (Å²) >= 11 is 1.27. The fourth-order valence-electron chi connectivity index (χ4n) is 2.43. The lowest BCUT2D eigenvalue weighted by Crippen LogP contribution is -2.70. The van der Waals surface area contributed by atoms with Gasteiger partial charge in [-0.05, 0) is 0 Å². The highest BCUT2D eigenvalue weighted by Crippen LogP contribution is 2.40. The van der Waals surface area contributed by atoms with Crippen LogP contribution in [0, 0.1) is 0 Å². The first-order chi connectivity index (χ1) is 12.2. The zero-order valence-corrected chi connectivity index (χ0v) is 15.0. The summed E-state index contributed by atoms with van der Waals surface area (Å²) < 4.78 is 9.56. The zero-order chi connectivity index (χ0) is 19.4.